The highest BCUT2D eigenvalue weighted by Crippen LogP contribution is 2.39. The van der Waals surface area contributed by atoms with Gasteiger partial charge in [-0.2, -0.15) is 0 Å². The second kappa shape index (κ2) is 11.5. The maximum Gasteiger partial charge on any atom is 0.322 e. The number of hydrogen-bond donors (Lipinski definition) is 2. The second-order valence-electron chi connectivity index (χ2n) is 9.47. The average molecular weight is 563 g/mol. The number of nitrogens with zero attached hydrogens (tertiary/aromatic N) is 2. The lowest BCUT2D eigenvalue weighted by Crippen LogP contribution is -2.47. The van der Waals surface area contributed by atoms with Gasteiger partial charge in [0.2, 0.25) is 5.91 Å². The van der Waals surface area contributed by atoms with Gasteiger partial charge < -0.3 is 15.5 Å². The first kappa shape index (κ1) is 26.8. The molecule has 3 aromatic carbocycles. The van der Waals surface area contributed by atoms with Crippen molar-refractivity contribution in [1.29, 1.82) is 0 Å². The molecule has 3 aromatic rings. The molecule has 0 spiro atoms. The van der Waals surface area contributed by atoms with Crippen molar-refractivity contribution < 1.29 is 14.4 Å². The normalized spacial score (nSPS) is 16.8. The molecule has 1 atom stereocenters. The summed E-state index contributed by atoms with van der Waals surface area (Å²) < 4.78 is 0. The van der Waals surface area contributed by atoms with Gasteiger partial charge >= 0.3 is 6.03 Å². The largest absolute Gasteiger partial charge is 0.352 e. The minimum atomic E-state index is -0.690. The lowest BCUT2D eigenvalue weighted by Gasteiger charge is -2.33. The van der Waals surface area contributed by atoms with Crippen LogP contribution >= 0.6 is 23.2 Å². The van der Waals surface area contributed by atoms with E-state index < -0.39 is 6.04 Å². The van der Waals surface area contributed by atoms with E-state index in [1.807, 2.05) is 49.4 Å². The van der Waals surface area contributed by atoms with Crippen LogP contribution in [-0.4, -0.2) is 47.3 Å². The second-order valence-corrected chi connectivity index (χ2v) is 10.3. The predicted molar refractivity (Wildman–Crippen MR) is 152 cm³/mol. The molecule has 0 aliphatic carbocycles. The molecule has 0 unspecified atom stereocenters. The van der Waals surface area contributed by atoms with Crippen LogP contribution in [0.5, 0.6) is 0 Å². The molecule has 0 saturated carbocycles. The molecule has 200 valence electrons. The Morgan fingerprint density at radius 1 is 1.00 bits per heavy atom. The van der Waals surface area contributed by atoms with Gasteiger partial charge in [-0.3, -0.25) is 14.5 Å². The predicted octanol–water partition coefficient (Wildman–Crippen LogP) is 5.55. The van der Waals surface area contributed by atoms with Crippen molar-refractivity contribution in [2.45, 2.75) is 25.9 Å². The van der Waals surface area contributed by atoms with Crippen molar-refractivity contribution in [2.24, 2.45) is 0 Å². The smallest absolute Gasteiger partial charge is 0.322 e. The highest BCUT2D eigenvalue weighted by molar-refractivity contribution is 6.35. The Bertz CT molecular complexity index is 1440. The van der Waals surface area contributed by atoms with Gasteiger partial charge in [0.1, 0.15) is 0 Å². The number of likely N-dealkylation sites (N-methyl/N-ethyl adjacent to an activating group) is 1. The van der Waals surface area contributed by atoms with E-state index in [1.165, 1.54) is 0 Å². The van der Waals surface area contributed by atoms with Gasteiger partial charge in [0.15, 0.2) is 0 Å². The molecule has 5 rings (SSSR count). The minimum Gasteiger partial charge on any atom is -0.352 e. The van der Waals surface area contributed by atoms with Crippen molar-refractivity contribution in [3.8, 4) is 11.1 Å². The van der Waals surface area contributed by atoms with E-state index in [4.69, 9.17) is 23.2 Å². The summed E-state index contributed by atoms with van der Waals surface area (Å²) in [6.45, 7) is 3.15. The van der Waals surface area contributed by atoms with E-state index in [9.17, 15) is 14.4 Å². The Labute approximate surface area is 237 Å². The first-order valence-corrected chi connectivity index (χ1v) is 13.6. The number of urea groups is 1. The fourth-order valence-corrected chi connectivity index (χ4v) is 5.52. The molecule has 9 heteroatoms. The third kappa shape index (κ3) is 5.65. The van der Waals surface area contributed by atoms with Gasteiger partial charge in [-0.1, -0.05) is 83.9 Å². The van der Waals surface area contributed by atoms with Gasteiger partial charge in [-0.15, -0.1) is 0 Å². The molecular weight excluding hydrogens is 535 g/mol. The number of amides is 4. The molecule has 4 amide bonds. The van der Waals surface area contributed by atoms with Crippen molar-refractivity contribution in [1.82, 2.24) is 20.4 Å². The zero-order valence-corrected chi connectivity index (χ0v) is 22.9. The highest BCUT2D eigenvalue weighted by atomic mass is 35.5. The van der Waals surface area contributed by atoms with E-state index in [1.54, 1.807) is 28.0 Å². The summed E-state index contributed by atoms with van der Waals surface area (Å²) in [4.78, 5) is 42.2. The number of halogens is 2. The maximum absolute atomic E-state index is 13.5. The SMILES string of the molecule is CCN1C(=O)N[C@H](c2ccc(Cl)cc2Cl)C2=C1CN(CCC(=O)NCc1ccc(-c3ccccc3)cc1)C2=O. The zero-order valence-electron chi connectivity index (χ0n) is 21.4. The Kier molecular flexibility index (Phi) is 7.91. The van der Waals surface area contributed by atoms with Crippen LogP contribution in [0.4, 0.5) is 4.79 Å². The monoisotopic (exact) mass is 562 g/mol. The van der Waals surface area contributed by atoms with E-state index in [0.29, 0.717) is 40.0 Å². The first-order chi connectivity index (χ1) is 18.9. The molecule has 0 aromatic heterocycles. The summed E-state index contributed by atoms with van der Waals surface area (Å²) in [5, 5.41) is 6.68. The third-order valence-electron chi connectivity index (χ3n) is 7.05. The molecule has 2 N–H and O–H groups in total. The number of nitrogens with one attached hydrogen (secondary N) is 2. The van der Waals surface area contributed by atoms with Crippen LogP contribution in [0.1, 0.15) is 30.5 Å². The maximum atomic E-state index is 13.5. The topological polar surface area (TPSA) is 81.8 Å². The van der Waals surface area contributed by atoms with Gasteiger partial charge in [0, 0.05) is 36.1 Å². The van der Waals surface area contributed by atoms with Crippen LogP contribution in [-0.2, 0) is 16.1 Å². The zero-order chi connectivity index (χ0) is 27.5. The number of benzene rings is 3. The van der Waals surface area contributed by atoms with Gasteiger partial charge in [-0.25, -0.2) is 4.79 Å². The Balaban J connectivity index is 1.21. The Hall–Kier alpha value is -3.81. The lowest BCUT2D eigenvalue weighted by atomic mass is 9.95. The summed E-state index contributed by atoms with van der Waals surface area (Å²) >= 11 is 12.5. The molecular formula is C30H28Cl2N4O3. The fraction of sp³-hybridized carbons (Fsp3) is 0.233. The highest BCUT2D eigenvalue weighted by Gasteiger charge is 2.44. The Morgan fingerprint density at radius 2 is 1.72 bits per heavy atom. The fourth-order valence-electron chi connectivity index (χ4n) is 5.00. The van der Waals surface area contributed by atoms with E-state index in [0.717, 1.165) is 16.7 Å². The molecule has 2 aliphatic heterocycles. The van der Waals surface area contributed by atoms with E-state index in [-0.39, 0.29) is 37.4 Å². The number of hydrogen-bond acceptors (Lipinski definition) is 3. The number of rotatable bonds is 8. The Morgan fingerprint density at radius 3 is 2.41 bits per heavy atom. The van der Waals surface area contributed by atoms with Crippen LogP contribution in [0.15, 0.2) is 84.1 Å². The molecule has 0 radical (unpaired) electrons. The summed E-state index contributed by atoms with van der Waals surface area (Å²) in [6.07, 6.45) is 0.147. The van der Waals surface area contributed by atoms with E-state index >= 15 is 0 Å². The number of carbonyl (C=O) groups is 3. The molecule has 0 fully saturated rings. The van der Waals surface area contributed by atoms with Crippen molar-refractivity contribution in [2.75, 3.05) is 19.6 Å². The molecule has 2 aliphatic rings. The summed E-state index contributed by atoms with van der Waals surface area (Å²) in [5.41, 5.74) is 4.95. The standard InChI is InChI=1S/C30H28Cl2N4O3/c1-2-36-25-18-35(29(38)27(25)28(34-30(36)39)23-13-12-22(31)16-24(23)32)15-14-26(37)33-17-19-8-10-21(11-9-19)20-6-4-3-5-7-20/h3-13,16,28H,2,14-15,17-18H2,1H3,(H,33,37)(H,34,39)/t28-/m1/s1. The molecule has 2 heterocycles. The van der Waals surface area contributed by atoms with Gasteiger partial charge in [0.05, 0.1) is 23.9 Å². The lowest BCUT2D eigenvalue weighted by molar-refractivity contribution is -0.127. The van der Waals surface area contributed by atoms with Crippen molar-refractivity contribution in [3.05, 3.63) is 105 Å². The van der Waals surface area contributed by atoms with Crippen LogP contribution < -0.4 is 10.6 Å². The molecule has 7 nitrogen and oxygen atoms in total. The van der Waals surface area contributed by atoms with Gasteiger partial charge in [-0.05, 0) is 41.3 Å². The minimum absolute atomic E-state index is 0.147. The van der Waals surface area contributed by atoms with Crippen molar-refractivity contribution >= 4 is 41.0 Å². The van der Waals surface area contributed by atoms with Crippen molar-refractivity contribution in [3.63, 3.8) is 0 Å². The summed E-state index contributed by atoms with van der Waals surface area (Å²) in [5.74, 6) is -0.373. The third-order valence-corrected chi connectivity index (χ3v) is 7.61. The van der Waals surface area contributed by atoms with Crippen LogP contribution in [0.2, 0.25) is 10.0 Å². The summed E-state index contributed by atoms with van der Waals surface area (Å²) in [6, 6.07) is 22.2. The van der Waals surface area contributed by atoms with Crippen LogP contribution in [0.3, 0.4) is 0 Å². The van der Waals surface area contributed by atoms with E-state index in [2.05, 4.69) is 22.8 Å². The molecule has 39 heavy (non-hydrogen) atoms. The first-order valence-electron chi connectivity index (χ1n) is 12.8. The van der Waals surface area contributed by atoms with Gasteiger partial charge in [0.25, 0.3) is 5.91 Å². The van der Waals surface area contributed by atoms with Crippen LogP contribution in [0.25, 0.3) is 11.1 Å². The average Bonchev–Trinajstić information content (AvgIpc) is 3.27. The number of carbonyl (C=O) groups excluding carboxylic acids is 3. The van der Waals surface area contributed by atoms with Crippen LogP contribution in [0, 0.1) is 0 Å². The quantitative estimate of drug-likeness (QED) is 0.377. The molecule has 0 saturated heterocycles. The molecule has 0 bridgehead atoms. The summed E-state index contributed by atoms with van der Waals surface area (Å²) in [7, 11) is 0.